The van der Waals surface area contributed by atoms with Crippen LogP contribution in [0.1, 0.15) is 24.9 Å². The van der Waals surface area contributed by atoms with Gasteiger partial charge in [0.2, 0.25) is 0 Å². The monoisotopic (exact) mass is 278 g/mol. The maximum atomic E-state index is 13.2. The Hall–Kier alpha value is -1.14. The van der Waals surface area contributed by atoms with Crippen molar-refractivity contribution in [3.05, 3.63) is 35.6 Å². The van der Waals surface area contributed by atoms with Crippen LogP contribution in [0, 0.1) is 5.82 Å². The van der Waals surface area contributed by atoms with Crippen molar-refractivity contribution in [2.75, 3.05) is 19.6 Å². The summed E-state index contributed by atoms with van der Waals surface area (Å²) in [7, 11) is 0. The molecule has 1 rings (SSSR count). The average molecular weight is 278 g/mol. The molecule has 2 nitrogen and oxygen atoms in total. The van der Waals surface area contributed by atoms with Crippen LogP contribution in [-0.2, 0) is 0 Å². The van der Waals surface area contributed by atoms with Gasteiger partial charge in [-0.3, -0.25) is 4.90 Å². The van der Waals surface area contributed by atoms with Crippen LogP contribution in [0.3, 0.4) is 0 Å². The van der Waals surface area contributed by atoms with Gasteiger partial charge in [-0.25, -0.2) is 4.39 Å². The molecule has 0 amide bonds. The van der Waals surface area contributed by atoms with Crippen LogP contribution in [-0.4, -0.2) is 30.7 Å². The Morgan fingerprint density at radius 2 is 2.00 bits per heavy atom. The number of rotatable bonds is 6. The van der Waals surface area contributed by atoms with E-state index in [1.54, 1.807) is 13.0 Å². The molecule has 0 aliphatic heterocycles. The number of hydrogen-bond donors (Lipinski definition) is 1. The SMILES string of the molecule is CCCN(CC(F)(F)F)C(CN)c1cccc(F)c1. The summed E-state index contributed by atoms with van der Waals surface area (Å²) < 4.78 is 50.9. The van der Waals surface area contributed by atoms with Gasteiger partial charge in [-0.05, 0) is 30.7 Å². The van der Waals surface area contributed by atoms with Gasteiger partial charge in [0.05, 0.1) is 6.54 Å². The summed E-state index contributed by atoms with van der Waals surface area (Å²) in [6.45, 7) is 1.03. The average Bonchev–Trinajstić information content (AvgIpc) is 2.28. The highest BCUT2D eigenvalue weighted by Gasteiger charge is 2.33. The van der Waals surface area contributed by atoms with Gasteiger partial charge in [0.15, 0.2) is 0 Å². The summed E-state index contributed by atoms with van der Waals surface area (Å²) in [5.74, 6) is -0.473. The first-order valence-electron chi connectivity index (χ1n) is 6.13. The Bertz CT molecular complexity index is 392. The molecule has 19 heavy (non-hydrogen) atoms. The number of nitrogens with two attached hydrogens (primary N) is 1. The van der Waals surface area contributed by atoms with E-state index in [9.17, 15) is 17.6 Å². The third-order valence-electron chi connectivity index (χ3n) is 2.79. The molecule has 1 unspecified atom stereocenters. The van der Waals surface area contributed by atoms with E-state index in [-0.39, 0.29) is 13.1 Å². The third kappa shape index (κ3) is 5.16. The van der Waals surface area contributed by atoms with E-state index in [0.717, 1.165) is 0 Å². The van der Waals surface area contributed by atoms with Crippen molar-refractivity contribution >= 4 is 0 Å². The Morgan fingerprint density at radius 3 is 2.47 bits per heavy atom. The van der Waals surface area contributed by atoms with E-state index in [4.69, 9.17) is 5.73 Å². The van der Waals surface area contributed by atoms with Gasteiger partial charge < -0.3 is 5.73 Å². The normalized spacial score (nSPS) is 13.8. The lowest BCUT2D eigenvalue weighted by Gasteiger charge is -2.31. The zero-order valence-corrected chi connectivity index (χ0v) is 10.8. The number of halogens is 4. The summed E-state index contributed by atoms with van der Waals surface area (Å²) in [5, 5.41) is 0. The van der Waals surface area contributed by atoms with Crippen molar-refractivity contribution in [3.63, 3.8) is 0 Å². The fourth-order valence-corrected chi connectivity index (χ4v) is 2.07. The van der Waals surface area contributed by atoms with E-state index >= 15 is 0 Å². The quantitative estimate of drug-likeness (QED) is 0.810. The van der Waals surface area contributed by atoms with Gasteiger partial charge in [-0.2, -0.15) is 13.2 Å². The van der Waals surface area contributed by atoms with Crippen molar-refractivity contribution in [2.45, 2.75) is 25.6 Å². The molecule has 0 aromatic heterocycles. The standard InChI is InChI=1S/C13H18F4N2/c1-2-6-19(9-13(15,16)17)12(8-18)10-4-3-5-11(14)7-10/h3-5,7,12H,2,6,8-9,18H2,1H3. The number of benzene rings is 1. The second-order valence-electron chi connectivity index (χ2n) is 4.39. The van der Waals surface area contributed by atoms with Crippen LogP contribution in [0.5, 0.6) is 0 Å². The maximum Gasteiger partial charge on any atom is 0.401 e. The smallest absolute Gasteiger partial charge is 0.329 e. The molecule has 1 aromatic rings. The molecule has 0 radical (unpaired) electrons. The van der Waals surface area contributed by atoms with Crippen molar-refractivity contribution in [1.29, 1.82) is 0 Å². The summed E-state index contributed by atoms with van der Waals surface area (Å²) in [4.78, 5) is 1.24. The van der Waals surface area contributed by atoms with E-state index in [0.29, 0.717) is 12.0 Å². The van der Waals surface area contributed by atoms with Gasteiger partial charge in [0.25, 0.3) is 0 Å². The molecular formula is C13H18F4N2. The van der Waals surface area contributed by atoms with E-state index < -0.39 is 24.6 Å². The molecule has 2 N–H and O–H groups in total. The first-order valence-corrected chi connectivity index (χ1v) is 6.13. The van der Waals surface area contributed by atoms with Crippen molar-refractivity contribution in [1.82, 2.24) is 4.90 Å². The maximum absolute atomic E-state index is 13.2. The Morgan fingerprint density at radius 1 is 1.32 bits per heavy atom. The minimum absolute atomic E-state index is 0.0134. The molecule has 0 bridgehead atoms. The lowest BCUT2D eigenvalue weighted by Crippen LogP contribution is -2.40. The first kappa shape index (κ1) is 15.9. The topological polar surface area (TPSA) is 29.3 Å². The minimum Gasteiger partial charge on any atom is -0.329 e. The van der Waals surface area contributed by atoms with Crippen LogP contribution in [0.25, 0.3) is 0 Å². The first-order chi connectivity index (χ1) is 8.87. The molecule has 0 aliphatic carbocycles. The number of nitrogens with zero attached hydrogens (tertiary/aromatic N) is 1. The number of hydrogen-bond acceptors (Lipinski definition) is 2. The zero-order valence-electron chi connectivity index (χ0n) is 10.8. The molecule has 0 heterocycles. The summed E-state index contributed by atoms with van der Waals surface area (Å²) >= 11 is 0. The second-order valence-corrected chi connectivity index (χ2v) is 4.39. The van der Waals surface area contributed by atoms with Crippen LogP contribution in [0.4, 0.5) is 17.6 Å². The molecule has 0 aliphatic rings. The fraction of sp³-hybridized carbons (Fsp3) is 0.538. The lowest BCUT2D eigenvalue weighted by molar-refractivity contribution is -0.150. The molecule has 0 fully saturated rings. The van der Waals surface area contributed by atoms with Crippen LogP contribution >= 0.6 is 0 Å². The predicted octanol–water partition coefficient (Wildman–Crippen LogP) is 3.10. The summed E-state index contributed by atoms with van der Waals surface area (Å²) in [6.07, 6.45) is -3.72. The second kappa shape index (κ2) is 6.86. The Kier molecular flexibility index (Phi) is 5.75. The molecule has 0 saturated carbocycles. The number of alkyl halides is 3. The lowest BCUT2D eigenvalue weighted by atomic mass is 10.0. The van der Waals surface area contributed by atoms with Gasteiger partial charge >= 0.3 is 6.18 Å². The summed E-state index contributed by atoms with van der Waals surface area (Å²) in [6, 6.07) is 4.93. The molecule has 1 aromatic carbocycles. The van der Waals surface area contributed by atoms with Crippen LogP contribution in [0.15, 0.2) is 24.3 Å². The molecule has 0 saturated heterocycles. The van der Waals surface area contributed by atoms with Gasteiger partial charge in [0, 0.05) is 12.6 Å². The van der Waals surface area contributed by atoms with E-state index in [1.165, 1.54) is 23.1 Å². The van der Waals surface area contributed by atoms with Gasteiger partial charge in [-0.15, -0.1) is 0 Å². The fourth-order valence-electron chi connectivity index (χ4n) is 2.07. The highest BCUT2D eigenvalue weighted by molar-refractivity contribution is 5.20. The summed E-state index contributed by atoms with van der Waals surface area (Å²) in [5.41, 5.74) is 6.05. The van der Waals surface area contributed by atoms with Crippen molar-refractivity contribution < 1.29 is 17.6 Å². The molecular weight excluding hydrogens is 260 g/mol. The molecule has 1 atom stereocenters. The molecule has 6 heteroatoms. The molecule has 108 valence electrons. The van der Waals surface area contributed by atoms with Gasteiger partial charge in [0.1, 0.15) is 5.82 Å². The van der Waals surface area contributed by atoms with Crippen LogP contribution in [0.2, 0.25) is 0 Å². The van der Waals surface area contributed by atoms with Crippen LogP contribution < -0.4 is 5.73 Å². The van der Waals surface area contributed by atoms with Gasteiger partial charge in [-0.1, -0.05) is 19.1 Å². The largest absolute Gasteiger partial charge is 0.401 e. The van der Waals surface area contributed by atoms with E-state index in [1.807, 2.05) is 0 Å². The predicted molar refractivity (Wildman–Crippen MR) is 66.1 cm³/mol. The van der Waals surface area contributed by atoms with Crippen molar-refractivity contribution in [2.24, 2.45) is 5.73 Å². The van der Waals surface area contributed by atoms with Crippen molar-refractivity contribution in [3.8, 4) is 0 Å². The third-order valence-corrected chi connectivity index (χ3v) is 2.79. The Balaban J connectivity index is 2.96. The zero-order chi connectivity index (χ0) is 14.5. The Labute approximate surface area is 110 Å². The highest BCUT2D eigenvalue weighted by atomic mass is 19.4. The highest BCUT2D eigenvalue weighted by Crippen LogP contribution is 2.25. The molecule has 0 spiro atoms. The van der Waals surface area contributed by atoms with E-state index in [2.05, 4.69) is 0 Å². The minimum atomic E-state index is -4.30.